The largest absolute Gasteiger partial charge is 2.00 e. The Kier molecular flexibility index (Phi) is 4.52. The SMILES string of the molecule is O=C(O)c1ccccc1S(=O)(=O)O.[H-].[H-].[Mg+2]. The molecule has 0 amide bonds. The first kappa shape index (κ1) is 13.4. The molecule has 0 aliphatic heterocycles. The normalized spacial score (nSPS) is 10.4. The number of hydrogen-bond acceptors (Lipinski definition) is 3. The molecule has 1 aromatic carbocycles. The predicted octanol–water partition coefficient (Wildman–Crippen LogP) is 0.476. The molecular weight excluding hydrogens is 220 g/mol. The van der Waals surface area contributed by atoms with E-state index in [2.05, 4.69) is 0 Å². The minimum atomic E-state index is -4.46. The van der Waals surface area contributed by atoms with E-state index in [0.717, 1.165) is 12.1 Å². The van der Waals surface area contributed by atoms with Crippen molar-refractivity contribution in [3.63, 3.8) is 0 Å². The number of carboxylic acids is 1. The summed E-state index contributed by atoms with van der Waals surface area (Å²) in [5.41, 5.74) is -0.440. The zero-order valence-corrected chi connectivity index (χ0v) is 9.27. The molecule has 0 bridgehead atoms. The van der Waals surface area contributed by atoms with E-state index in [1.165, 1.54) is 12.1 Å². The Labute approximate surface area is 99.6 Å². The fraction of sp³-hybridized carbons (Fsp3) is 0. The molecule has 0 radical (unpaired) electrons. The van der Waals surface area contributed by atoms with Crippen molar-refractivity contribution >= 4 is 39.1 Å². The van der Waals surface area contributed by atoms with Crippen molar-refractivity contribution in [3.8, 4) is 0 Å². The number of carbonyl (C=O) groups is 1. The third kappa shape index (κ3) is 2.94. The molecule has 0 aromatic heterocycles. The molecule has 5 nitrogen and oxygen atoms in total. The summed E-state index contributed by atoms with van der Waals surface area (Å²) in [5.74, 6) is -1.40. The average molecular weight is 229 g/mol. The van der Waals surface area contributed by atoms with Gasteiger partial charge in [-0.15, -0.1) is 0 Å². The summed E-state index contributed by atoms with van der Waals surface area (Å²) in [5, 5.41) is 8.55. The van der Waals surface area contributed by atoms with Crippen molar-refractivity contribution in [3.05, 3.63) is 29.8 Å². The van der Waals surface area contributed by atoms with Crippen LogP contribution in [0.2, 0.25) is 0 Å². The van der Waals surface area contributed by atoms with Crippen LogP contribution in [-0.2, 0) is 10.1 Å². The maximum atomic E-state index is 10.7. The van der Waals surface area contributed by atoms with Crippen molar-refractivity contribution in [2.45, 2.75) is 4.90 Å². The van der Waals surface area contributed by atoms with Crippen LogP contribution in [0.25, 0.3) is 0 Å². The molecule has 0 unspecified atom stereocenters. The van der Waals surface area contributed by atoms with Gasteiger partial charge in [0, 0.05) is 0 Å². The van der Waals surface area contributed by atoms with Crippen LogP contribution in [0.3, 0.4) is 0 Å². The van der Waals surface area contributed by atoms with Crippen LogP contribution in [-0.4, -0.2) is 47.1 Å². The van der Waals surface area contributed by atoms with Crippen LogP contribution in [0.5, 0.6) is 0 Å². The van der Waals surface area contributed by atoms with Gasteiger partial charge in [-0.2, -0.15) is 8.42 Å². The van der Waals surface area contributed by atoms with Gasteiger partial charge in [-0.25, -0.2) is 4.79 Å². The summed E-state index contributed by atoms with van der Waals surface area (Å²) >= 11 is 0. The van der Waals surface area contributed by atoms with E-state index in [1.54, 1.807) is 0 Å². The van der Waals surface area contributed by atoms with Crippen molar-refractivity contribution < 1.29 is 25.7 Å². The Bertz CT molecular complexity index is 448. The first-order chi connectivity index (χ1) is 5.93. The maximum absolute atomic E-state index is 10.7. The fourth-order valence-corrected chi connectivity index (χ4v) is 1.55. The Hall–Kier alpha value is -0.634. The van der Waals surface area contributed by atoms with Crippen LogP contribution in [0.4, 0.5) is 0 Å². The Morgan fingerprint density at radius 2 is 1.79 bits per heavy atom. The Morgan fingerprint density at radius 1 is 1.29 bits per heavy atom. The van der Waals surface area contributed by atoms with Crippen LogP contribution >= 0.6 is 0 Å². The average Bonchev–Trinajstić information content (AvgIpc) is 2.03. The fourth-order valence-electron chi connectivity index (χ4n) is 0.868. The molecular formula is C7H8MgO5S. The molecule has 0 aliphatic carbocycles. The monoisotopic (exact) mass is 228 g/mol. The molecule has 1 aromatic rings. The molecule has 0 fully saturated rings. The van der Waals surface area contributed by atoms with Gasteiger partial charge in [-0.05, 0) is 12.1 Å². The number of rotatable bonds is 2. The quantitative estimate of drug-likeness (QED) is 0.567. The molecule has 0 saturated heterocycles. The van der Waals surface area contributed by atoms with Gasteiger partial charge in [0.05, 0.1) is 5.56 Å². The van der Waals surface area contributed by atoms with E-state index in [1.807, 2.05) is 0 Å². The van der Waals surface area contributed by atoms with E-state index < -0.39 is 26.5 Å². The molecule has 7 heteroatoms. The number of hydrogen-bond donors (Lipinski definition) is 2. The van der Waals surface area contributed by atoms with Crippen LogP contribution in [0, 0.1) is 0 Å². The summed E-state index contributed by atoms with van der Waals surface area (Å²) in [7, 11) is -4.46. The minimum absolute atomic E-state index is 0. The summed E-state index contributed by atoms with van der Waals surface area (Å²) in [6.07, 6.45) is 0. The van der Waals surface area contributed by atoms with Gasteiger partial charge in [0.25, 0.3) is 10.1 Å². The Morgan fingerprint density at radius 3 is 2.14 bits per heavy atom. The molecule has 2 N–H and O–H groups in total. The summed E-state index contributed by atoms with van der Waals surface area (Å²) in [4.78, 5) is 9.90. The van der Waals surface area contributed by atoms with E-state index in [4.69, 9.17) is 9.66 Å². The second kappa shape index (κ2) is 4.74. The van der Waals surface area contributed by atoms with Crippen molar-refractivity contribution in [2.24, 2.45) is 0 Å². The Balaban J connectivity index is -0.000000563. The predicted molar refractivity (Wildman–Crippen MR) is 51.2 cm³/mol. The second-order valence-electron chi connectivity index (χ2n) is 2.28. The molecule has 0 atom stereocenters. The third-order valence-corrected chi connectivity index (χ3v) is 2.31. The van der Waals surface area contributed by atoms with E-state index >= 15 is 0 Å². The molecule has 0 spiro atoms. The summed E-state index contributed by atoms with van der Waals surface area (Å²) in [6, 6.07) is 4.83. The van der Waals surface area contributed by atoms with Gasteiger partial charge in [-0.3, -0.25) is 4.55 Å². The second-order valence-corrected chi connectivity index (χ2v) is 3.67. The molecule has 74 valence electrons. The molecule has 1 rings (SSSR count). The van der Waals surface area contributed by atoms with Gasteiger partial charge in [0.1, 0.15) is 4.90 Å². The van der Waals surface area contributed by atoms with Crippen LogP contribution in [0.1, 0.15) is 13.2 Å². The topological polar surface area (TPSA) is 91.7 Å². The van der Waals surface area contributed by atoms with E-state index in [-0.39, 0.29) is 25.9 Å². The van der Waals surface area contributed by atoms with Gasteiger partial charge in [0.2, 0.25) is 0 Å². The summed E-state index contributed by atoms with van der Waals surface area (Å²) < 4.78 is 29.9. The van der Waals surface area contributed by atoms with Crippen LogP contribution in [0.15, 0.2) is 29.2 Å². The van der Waals surface area contributed by atoms with E-state index in [9.17, 15) is 13.2 Å². The zero-order chi connectivity index (χ0) is 10.1. The first-order valence-electron chi connectivity index (χ1n) is 3.23. The maximum Gasteiger partial charge on any atom is 2.00 e. The standard InChI is InChI=1S/C7H6O5S.Mg.2H/c8-7(9)5-3-1-2-4-6(5)13(10,11)12;;;/h1-4H,(H,8,9)(H,10,11,12);;;/q;+2;2*-1. The molecule has 0 saturated carbocycles. The minimum Gasteiger partial charge on any atom is -1.00 e. The molecule has 0 aliphatic rings. The van der Waals surface area contributed by atoms with Gasteiger partial charge >= 0.3 is 29.0 Å². The van der Waals surface area contributed by atoms with E-state index in [0.29, 0.717) is 0 Å². The van der Waals surface area contributed by atoms with Crippen LogP contribution < -0.4 is 0 Å². The molecule has 14 heavy (non-hydrogen) atoms. The number of carboxylic acid groups (broad SMARTS) is 1. The number of aromatic carboxylic acids is 1. The first-order valence-corrected chi connectivity index (χ1v) is 4.67. The van der Waals surface area contributed by atoms with Gasteiger partial charge in [-0.1, -0.05) is 12.1 Å². The zero-order valence-electron chi connectivity index (χ0n) is 9.04. The number of benzene rings is 1. The van der Waals surface area contributed by atoms with Crippen molar-refractivity contribution in [1.29, 1.82) is 0 Å². The van der Waals surface area contributed by atoms with Gasteiger partial charge < -0.3 is 7.96 Å². The molecule has 0 heterocycles. The van der Waals surface area contributed by atoms with Crippen molar-refractivity contribution in [2.75, 3.05) is 0 Å². The van der Waals surface area contributed by atoms with Gasteiger partial charge in [0.15, 0.2) is 0 Å². The smallest absolute Gasteiger partial charge is 1.00 e. The summed E-state index contributed by atoms with van der Waals surface area (Å²) in [6.45, 7) is 0. The third-order valence-electron chi connectivity index (χ3n) is 1.40. The van der Waals surface area contributed by atoms with Crippen molar-refractivity contribution in [1.82, 2.24) is 0 Å².